The molecule has 1 aromatic carbocycles. The number of hydrogen-bond donors (Lipinski definition) is 1. The van der Waals surface area contributed by atoms with E-state index in [1.165, 1.54) is 4.88 Å². The van der Waals surface area contributed by atoms with E-state index in [4.69, 9.17) is 6.57 Å². The van der Waals surface area contributed by atoms with Gasteiger partial charge in [-0.15, -0.1) is 11.3 Å². The van der Waals surface area contributed by atoms with Crippen LogP contribution in [0.1, 0.15) is 29.0 Å². The zero-order valence-corrected chi connectivity index (χ0v) is 14.1. The molecule has 0 spiro atoms. The molecule has 1 atom stereocenters. The summed E-state index contributed by atoms with van der Waals surface area (Å²) in [4.78, 5) is 23.1. The summed E-state index contributed by atoms with van der Waals surface area (Å²) in [5.41, 5.74) is 2.79. The SMILES string of the molecule is [C-]#[N+]c1ccc([C@@H](C)n2cnc3sc4c(c3c2=O)CCNC4)cc1. The Morgan fingerprint density at radius 2 is 2.17 bits per heavy atom. The van der Waals surface area contributed by atoms with Crippen LogP contribution < -0.4 is 10.9 Å². The quantitative estimate of drug-likeness (QED) is 0.731. The molecule has 3 heterocycles. The first-order valence-corrected chi connectivity index (χ1v) is 8.70. The van der Waals surface area contributed by atoms with Crippen molar-refractivity contribution in [1.29, 1.82) is 0 Å². The highest BCUT2D eigenvalue weighted by atomic mass is 32.1. The smallest absolute Gasteiger partial charge is 0.262 e. The molecule has 0 unspecified atom stereocenters. The average Bonchev–Trinajstić information content (AvgIpc) is 3.01. The first-order valence-electron chi connectivity index (χ1n) is 7.88. The van der Waals surface area contributed by atoms with Gasteiger partial charge < -0.3 is 5.32 Å². The third kappa shape index (κ3) is 2.33. The molecule has 1 aliphatic rings. The number of fused-ring (bicyclic) bond motifs is 3. The first-order chi connectivity index (χ1) is 11.7. The molecule has 0 saturated heterocycles. The van der Waals surface area contributed by atoms with Gasteiger partial charge in [-0.2, -0.15) is 0 Å². The Balaban J connectivity index is 1.83. The van der Waals surface area contributed by atoms with Crippen molar-refractivity contribution in [3.8, 4) is 0 Å². The molecule has 1 aliphatic heterocycles. The number of nitrogens with zero attached hydrogens (tertiary/aromatic N) is 3. The van der Waals surface area contributed by atoms with Gasteiger partial charge in [-0.1, -0.05) is 24.3 Å². The zero-order chi connectivity index (χ0) is 16.7. The summed E-state index contributed by atoms with van der Waals surface area (Å²) in [7, 11) is 0. The molecule has 0 radical (unpaired) electrons. The van der Waals surface area contributed by atoms with Gasteiger partial charge >= 0.3 is 0 Å². The molecule has 0 amide bonds. The third-order valence-electron chi connectivity index (χ3n) is 4.58. The summed E-state index contributed by atoms with van der Waals surface area (Å²) in [6, 6.07) is 7.26. The minimum absolute atomic E-state index is 0.0288. The van der Waals surface area contributed by atoms with Gasteiger partial charge in [0.25, 0.3) is 5.56 Å². The van der Waals surface area contributed by atoms with Gasteiger partial charge in [-0.25, -0.2) is 9.83 Å². The highest BCUT2D eigenvalue weighted by Crippen LogP contribution is 2.30. The van der Waals surface area contributed by atoms with Crippen molar-refractivity contribution in [2.24, 2.45) is 0 Å². The summed E-state index contributed by atoms with van der Waals surface area (Å²) >= 11 is 1.61. The summed E-state index contributed by atoms with van der Waals surface area (Å²) in [5.74, 6) is 0. The van der Waals surface area contributed by atoms with Gasteiger partial charge in [0.1, 0.15) is 4.83 Å². The Morgan fingerprint density at radius 1 is 1.38 bits per heavy atom. The Bertz CT molecular complexity index is 1010. The molecule has 24 heavy (non-hydrogen) atoms. The third-order valence-corrected chi connectivity index (χ3v) is 5.72. The lowest BCUT2D eigenvalue weighted by Gasteiger charge is -2.16. The van der Waals surface area contributed by atoms with Crippen LogP contribution in [-0.2, 0) is 13.0 Å². The maximum absolute atomic E-state index is 13.1. The van der Waals surface area contributed by atoms with Crippen LogP contribution in [0.25, 0.3) is 15.1 Å². The minimum Gasteiger partial charge on any atom is -0.312 e. The molecule has 6 heteroatoms. The summed E-state index contributed by atoms with van der Waals surface area (Å²) in [5, 5.41) is 4.13. The number of benzene rings is 1. The molecule has 0 bridgehead atoms. The summed E-state index contributed by atoms with van der Waals surface area (Å²) in [6.07, 6.45) is 2.53. The van der Waals surface area contributed by atoms with Crippen LogP contribution in [-0.4, -0.2) is 16.1 Å². The maximum Gasteiger partial charge on any atom is 0.262 e. The lowest BCUT2D eigenvalue weighted by atomic mass is 10.1. The van der Waals surface area contributed by atoms with E-state index in [1.54, 1.807) is 34.4 Å². The van der Waals surface area contributed by atoms with Gasteiger partial charge in [0.05, 0.1) is 24.3 Å². The van der Waals surface area contributed by atoms with Crippen LogP contribution in [0.5, 0.6) is 0 Å². The molecule has 0 fully saturated rings. The number of hydrogen-bond acceptors (Lipinski definition) is 4. The van der Waals surface area contributed by atoms with E-state index in [2.05, 4.69) is 15.1 Å². The highest BCUT2D eigenvalue weighted by molar-refractivity contribution is 7.18. The van der Waals surface area contributed by atoms with Crippen molar-refractivity contribution in [3.63, 3.8) is 0 Å². The van der Waals surface area contributed by atoms with E-state index in [-0.39, 0.29) is 11.6 Å². The van der Waals surface area contributed by atoms with E-state index in [1.807, 2.05) is 19.1 Å². The Kier molecular flexibility index (Phi) is 3.68. The lowest BCUT2D eigenvalue weighted by molar-refractivity contribution is 0.608. The van der Waals surface area contributed by atoms with E-state index < -0.39 is 0 Å². The van der Waals surface area contributed by atoms with E-state index in [0.29, 0.717) is 5.69 Å². The molecule has 3 aromatic rings. The van der Waals surface area contributed by atoms with Crippen LogP contribution >= 0.6 is 11.3 Å². The number of rotatable bonds is 2. The monoisotopic (exact) mass is 336 g/mol. The molecular formula is C18H16N4OS. The molecular weight excluding hydrogens is 320 g/mol. The highest BCUT2D eigenvalue weighted by Gasteiger charge is 2.21. The number of aromatic nitrogens is 2. The number of nitrogens with one attached hydrogen (secondary N) is 1. The Labute approximate surface area is 143 Å². The van der Waals surface area contributed by atoms with Gasteiger partial charge in [0, 0.05) is 11.4 Å². The Hall–Kier alpha value is -2.49. The van der Waals surface area contributed by atoms with Crippen molar-refractivity contribution < 1.29 is 0 Å². The molecule has 0 aliphatic carbocycles. The van der Waals surface area contributed by atoms with E-state index in [0.717, 1.165) is 40.9 Å². The molecule has 2 aromatic heterocycles. The minimum atomic E-state index is -0.119. The van der Waals surface area contributed by atoms with Gasteiger partial charge in [0.2, 0.25) is 0 Å². The fourth-order valence-electron chi connectivity index (χ4n) is 3.19. The van der Waals surface area contributed by atoms with Crippen LogP contribution in [0.3, 0.4) is 0 Å². The van der Waals surface area contributed by atoms with Crippen molar-refractivity contribution in [2.45, 2.75) is 25.9 Å². The Morgan fingerprint density at radius 3 is 2.92 bits per heavy atom. The van der Waals surface area contributed by atoms with Gasteiger partial charge in [-0.05, 0) is 31.0 Å². The second-order valence-electron chi connectivity index (χ2n) is 5.95. The summed E-state index contributed by atoms with van der Waals surface area (Å²) in [6.45, 7) is 10.8. The van der Waals surface area contributed by atoms with Crippen molar-refractivity contribution in [3.05, 3.63) is 68.4 Å². The van der Waals surface area contributed by atoms with Crippen LogP contribution in [0.4, 0.5) is 5.69 Å². The molecule has 120 valence electrons. The standard InChI is InChI=1S/C18H16N4OS/c1-11(12-3-5-13(19-2)6-4-12)22-10-21-17-16(18(22)23)14-7-8-20-9-15(14)24-17/h3-6,10-11,20H,7-9H2,1H3/t11-/m1/s1. The summed E-state index contributed by atoms with van der Waals surface area (Å²) < 4.78 is 1.70. The predicted octanol–water partition coefficient (Wildman–Crippen LogP) is 3.26. The van der Waals surface area contributed by atoms with Gasteiger partial charge in [0.15, 0.2) is 5.69 Å². The van der Waals surface area contributed by atoms with E-state index >= 15 is 0 Å². The number of thiophene rings is 1. The topological polar surface area (TPSA) is 51.3 Å². The predicted molar refractivity (Wildman–Crippen MR) is 95.8 cm³/mol. The largest absolute Gasteiger partial charge is 0.312 e. The van der Waals surface area contributed by atoms with Gasteiger partial charge in [-0.3, -0.25) is 9.36 Å². The van der Waals surface area contributed by atoms with Crippen LogP contribution in [0.2, 0.25) is 0 Å². The first kappa shape index (κ1) is 15.1. The second-order valence-corrected chi connectivity index (χ2v) is 7.03. The fraction of sp³-hybridized carbons (Fsp3) is 0.278. The second kappa shape index (κ2) is 5.86. The van der Waals surface area contributed by atoms with Crippen molar-refractivity contribution in [1.82, 2.24) is 14.9 Å². The van der Waals surface area contributed by atoms with Crippen molar-refractivity contribution in [2.75, 3.05) is 6.54 Å². The maximum atomic E-state index is 13.1. The van der Waals surface area contributed by atoms with E-state index in [9.17, 15) is 4.79 Å². The molecule has 1 N–H and O–H groups in total. The fourth-order valence-corrected chi connectivity index (χ4v) is 4.34. The van der Waals surface area contributed by atoms with Crippen LogP contribution in [0, 0.1) is 6.57 Å². The molecule has 4 rings (SSSR count). The van der Waals surface area contributed by atoms with Crippen LogP contribution in [0.15, 0.2) is 35.4 Å². The molecule has 5 nitrogen and oxygen atoms in total. The average molecular weight is 336 g/mol. The van der Waals surface area contributed by atoms with Crippen molar-refractivity contribution >= 4 is 27.2 Å². The normalized spacial score (nSPS) is 15.0. The zero-order valence-electron chi connectivity index (χ0n) is 13.2. The molecule has 0 saturated carbocycles. The lowest BCUT2D eigenvalue weighted by Crippen LogP contribution is -2.26.